The summed E-state index contributed by atoms with van der Waals surface area (Å²) < 4.78 is 4.89. The minimum atomic E-state index is -0.792. The van der Waals surface area contributed by atoms with Gasteiger partial charge in [-0.05, 0) is 24.8 Å². The van der Waals surface area contributed by atoms with E-state index in [4.69, 9.17) is 9.84 Å². The molecule has 0 unspecified atom stereocenters. The van der Waals surface area contributed by atoms with Gasteiger partial charge in [-0.25, -0.2) is 0 Å². The second kappa shape index (κ2) is 8.66. The number of aryl methyl sites for hydroxylation is 1. The van der Waals surface area contributed by atoms with Crippen LogP contribution in [0, 0.1) is 0 Å². The number of carbonyl (C=O) groups is 1. The molecular weight excluding hydrogens is 230 g/mol. The third kappa shape index (κ3) is 5.80. The summed E-state index contributed by atoms with van der Waals surface area (Å²) in [6.07, 6.45) is 2.41. The van der Waals surface area contributed by atoms with Crippen molar-refractivity contribution in [3.8, 4) is 0 Å². The summed E-state index contributed by atoms with van der Waals surface area (Å²) in [7, 11) is 1.60. The Hall–Kier alpha value is -1.39. The summed E-state index contributed by atoms with van der Waals surface area (Å²) in [5.41, 5.74) is 1.25. The number of benzene rings is 1. The molecule has 1 aromatic rings. The molecule has 100 valence electrons. The summed E-state index contributed by atoms with van der Waals surface area (Å²) in [5, 5.41) is 12.0. The first kappa shape index (κ1) is 14.7. The van der Waals surface area contributed by atoms with Gasteiger partial charge in [0.15, 0.2) is 0 Å². The fourth-order valence-corrected chi connectivity index (χ4v) is 1.80. The maximum atomic E-state index is 11.0. The lowest BCUT2D eigenvalue weighted by Gasteiger charge is -2.13. The zero-order chi connectivity index (χ0) is 13.2. The third-order valence-corrected chi connectivity index (χ3v) is 2.80. The van der Waals surface area contributed by atoms with Crippen LogP contribution in [0.2, 0.25) is 0 Å². The van der Waals surface area contributed by atoms with Crippen LogP contribution in [0.1, 0.15) is 18.4 Å². The molecule has 0 aliphatic heterocycles. The lowest BCUT2D eigenvalue weighted by molar-refractivity contribution is -0.139. The van der Waals surface area contributed by atoms with E-state index in [1.807, 2.05) is 18.2 Å². The van der Waals surface area contributed by atoms with E-state index in [0.717, 1.165) is 12.8 Å². The van der Waals surface area contributed by atoms with Crippen molar-refractivity contribution in [1.82, 2.24) is 5.32 Å². The van der Waals surface area contributed by atoms with Gasteiger partial charge in [0.05, 0.1) is 6.61 Å². The summed E-state index contributed by atoms with van der Waals surface area (Å²) in [6.45, 7) is 1.10. The van der Waals surface area contributed by atoms with Gasteiger partial charge in [-0.2, -0.15) is 0 Å². The molecule has 1 atom stereocenters. The Morgan fingerprint density at radius 3 is 2.72 bits per heavy atom. The standard InChI is InChI=1S/C14H21NO3/c1-18-11-10-15-13(14(16)17)9-5-8-12-6-3-2-4-7-12/h2-4,6-7,13,15H,5,8-11H2,1H3,(H,16,17)/t13-/m1/s1. The van der Waals surface area contributed by atoms with Crippen LogP contribution in [0.5, 0.6) is 0 Å². The Kier molecular flexibility index (Phi) is 7.06. The van der Waals surface area contributed by atoms with Crippen molar-refractivity contribution in [2.75, 3.05) is 20.3 Å². The van der Waals surface area contributed by atoms with Gasteiger partial charge in [0.2, 0.25) is 0 Å². The highest BCUT2D eigenvalue weighted by Crippen LogP contribution is 2.06. The predicted octanol–water partition coefficient (Wildman–Crippen LogP) is 1.70. The van der Waals surface area contributed by atoms with Gasteiger partial charge >= 0.3 is 5.97 Å². The number of ether oxygens (including phenoxy) is 1. The number of methoxy groups -OCH3 is 1. The van der Waals surface area contributed by atoms with E-state index in [1.54, 1.807) is 7.11 Å². The highest BCUT2D eigenvalue weighted by Gasteiger charge is 2.15. The molecule has 0 fully saturated rings. The largest absolute Gasteiger partial charge is 0.480 e. The molecule has 0 aliphatic rings. The summed E-state index contributed by atoms with van der Waals surface area (Å²) in [4.78, 5) is 11.0. The van der Waals surface area contributed by atoms with Gasteiger partial charge < -0.3 is 15.2 Å². The zero-order valence-electron chi connectivity index (χ0n) is 10.8. The molecule has 0 radical (unpaired) electrons. The molecular formula is C14H21NO3. The van der Waals surface area contributed by atoms with Crippen molar-refractivity contribution < 1.29 is 14.6 Å². The van der Waals surface area contributed by atoms with Crippen molar-refractivity contribution >= 4 is 5.97 Å². The average Bonchev–Trinajstić information content (AvgIpc) is 2.38. The van der Waals surface area contributed by atoms with Gasteiger partial charge in [0.25, 0.3) is 0 Å². The zero-order valence-corrected chi connectivity index (χ0v) is 10.8. The van der Waals surface area contributed by atoms with E-state index in [9.17, 15) is 4.79 Å². The number of aliphatic carboxylic acids is 1. The second-order valence-corrected chi connectivity index (χ2v) is 4.22. The van der Waals surface area contributed by atoms with Crippen LogP contribution in [-0.4, -0.2) is 37.4 Å². The molecule has 0 aromatic heterocycles. The summed E-state index contributed by atoms with van der Waals surface area (Å²) in [5.74, 6) is -0.792. The molecule has 0 spiro atoms. The van der Waals surface area contributed by atoms with Crippen LogP contribution < -0.4 is 5.32 Å². The van der Waals surface area contributed by atoms with E-state index < -0.39 is 12.0 Å². The van der Waals surface area contributed by atoms with Crippen molar-refractivity contribution in [2.45, 2.75) is 25.3 Å². The smallest absolute Gasteiger partial charge is 0.320 e. The Labute approximate surface area is 108 Å². The molecule has 4 heteroatoms. The number of rotatable bonds is 9. The molecule has 18 heavy (non-hydrogen) atoms. The molecule has 0 amide bonds. The Morgan fingerprint density at radius 2 is 2.11 bits per heavy atom. The maximum absolute atomic E-state index is 11.0. The first-order valence-electron chi connectivity index (χ1n) is 6.23. The highest BCUT2D eigenvalue weighted by molar-refractivity contribution is 5.73. The van der Waals surface area contributed by atoms with Crippen LogP contribution in [0.15, 0.2) is 30.3 Å². The topological polar surface area (TPSA) is 58.6 Å². The first-order valence-corrected chi connectivity index (χ1v) is 6.23. The molecule has 1 aromatic carbocycles. The Balaban J connectivity index is 2.27. The molecule has 0 saturated carbocycles. The molecule has 0 aliphatic carbocycles. The van der Waals surface area contributed by atoms with Crippen LogP contribution >= 0.6 is 0 Å². The van der Waals surface area contributed by atoms with Crippen molar-refractivity contribution in [3.63, 3.8) is 0 Å². The number of nitrogens with one attached hydrogen (secondary N) is 1. The van der Waals surface area contributed by atoms with E-state index in [1.165, 1.54) is 5.56 Å². The van der Waals surface area contributed by atoms with Crippen molar-refractivity contribution in [3.05, 3.63) is 35.9 Å². The van der Waals surface area contributed by atoms with E-state index in [0.29, 0.717) is 19.6 Å². The fraction of sp³-hybridized carbons (Fsp3) is 0.500. The monoisotopic (exact) mass is 251 g/mol. The number of carboxylic acid groups (broad SMARTS) is 1. The van der Waals surface area contributed by atoms with Crippen LogP contribution in [-0.2, 0) is 16.0 Å². The molecule has 0 bridgehead atoms. The number of hydrogen-bond donors (Lipinski definition) is 2. The van der Waals surface area contributed by atoms with Crippen LogP contribution in [0.3, 0.4) is 0 Å². The Bertz CT molecular complexity index is 340. The molecule has 1 rings (SSSR count). The lowest BCUT2D eigenvalue weighted by atomic mass is 10.0. The molecule has 2 N–H and O–H groups in total. The fourth-order valence-electron chi connectivity index (χ4n) is 1.80. The van der Waals surface area contributed by atoms with E-state index in [2.05, 4.69) is 17.4 Å². The SMILES string of the molecule is COCCN[C@H](CCCc1ccccc1)C(=O)O. The minimum Gasteiger partial charge on any atom is -0.480 e. The normalized spacial score (nSPS) is 12.3. The van der Waals surface area contributed by atoms with E-state index in [-0.39, 0.29) is 0 Å². The van der Waals surface area contributed by atoms with Gasteiger partial charge in [0.1, 0.15) is 6.04 Å². The second-order valence-electron chi connectivity index (χ2n) is 4.22. The Morgan fingerprint density at radius 1 is 1.39 bits per heavy atom. The minimum absolute atomic E-state index is 0.483. The highest BCUT2D eigenvalue weighted by atomic mass is 16.5. The van der Waals surface area contributed by atoms with Crippen LogP contribution in [0.4, 0.5) is 0 Å². The summed E-state index contributed by atoms with van der Waals surface area (Å²) >= 11 is 0. The quantitative estimate of drug-likeness (QED) is 0.656. The van der Waals surface area contributed by atoms with Gasteiger partial charge in [0, 0.05) is 13.7 Å². The molecule has 4 nitrogen and oxygen atoms in total. The van der Waals surface area contributed by atoms with Gasteiger partial charge in [-0.15, -0.1) is 0 Å². The lowest BCUT2D eigenvalue weighted by Crippen LogP contribution is -2.38. The summed E-state index contributed by atoms with van der Waals surface area (Å²) in [6, 6.07) is 9.63. The third-order valence-electron chi connectivity index (χ3n) is 2.80. The van der Waals surface area contributed by atoms with Crippen molar-refractivity contribution in [1.29, 1.82) is 0 Å². The first-order chi connectivity index (χ1) is 8.74. The van der Waals surface area contributed by atoms with Gasteiger partial charge in [-0.3, -0.25) is 4.79 Å². The van der Waals surface area contributed by atoms with Crippen LogP contribution in [0.25, 0.3) is 0 Å². The number of carboxylic acids is 1. The maximum Gasteiger partial charge on any atom is 0.320 e. The van der Waals surface area contributed by atoms with E-state index >= 15 is 0 Å². The van der Waals surface area contributed by atoms with Gasteiger partial charge in [-0.1, -0.05) is 30.3 Å². The predicted molar refractivity (Wildman–Crippen MR) is 70.7 cm³/mol. The molecule has 0 saturated heterocycles. The number of hydrogen-bond acceptors (Lipinski definition) is 3. The average molecular weight is 251 g/mol. The molecule has 0 heterocycles. The van der Waals surface area contributed by atoms with Crippen molar-refractivity contribution in [2.24, 2.45) is 0 Å².